The molecule has 0 fully saturated rings. The van der Waals surface area contributed by atoms with E-state index in [1.54, 1.807) is 0 Å². The molecule has 2 unspecified atom stereocenters. The lowest BCUT2D eigenvalue weighted by atomic mass is 10.00. The lowest BCUT2D eigenvalue weighted by molar-refractivity contribution is -0.129. The highest BCUT2D eigenvalue weighted by molar-refractivity contribution is 9.10. The van der Waals surface area contributed by atoms with Crippen molar-refractivity contribution < 1.29 is 9.59 Å². The van der Waals surface area contributed by atoms with Gasteiger partial charge in [0.15, 0.2) is 11.7 Å². The van der Waals surface area contributed by atoms with Crippen LogP contribution in [0.15, 0.2) is 33.9 Å². The first kappa shape index (κ1) is 21.0. The standard InChI is InChI=1S/C19H26BrN5O2/c1-11(4-3-7-23-19(21)22)18(27)25-16(12(2)26)8-13-10-24-17-9-14(20)5-6-15(13)17/h5-6,9-11,16,24H,3-4,7-8H2,1-2H3,(H,25,27)(H4,21,22,23). The Morgan fingerprint density at radius 3 is 2.74 bits per heavy atom. The Hall–Kier alpha value is -2.35. The predicted molar refractivity (Wildman–Crippen MR) is 111 cm³/mol. The minimum atomic E-state index is -0.555. The number of nitrogens with two attached hydrogens (primary N) is 2. The molecule has 2 atom stereocenters. The molecule has 0 bridgehead atoms. The van der Waals surface area contributed by atoms with Crippen molar-refractivity contribution in [1.29, 1.82) is 0 Å². The van der Waals surface area contributed by atoms with E-state index in [0.717, 1.165) is 20.9 Å². The van der Waals surface area contributed by atoms with Crippen molar-refractivity contribution in [3.8, 4) is 0 Å². The van der Waals surface area contributed by atoms with Gasteiger partial charge in [0, 0.05) is 40.5 Å². The minimum absolute atomic E-state index is 0.0505. The van der Waals surface area contributed by atoms with Crippen molar-refractivity contribution in [1.82, 2.24) is 10.3 Å². The number of guanidine groups is 1. The fraction of sp³-hybridized carbons (Fsp3) is 0.421. The zero-order valence-corrected chi connectivity index (χ0v) is 17.2. The van der Waals surface area contributed by atoms with E-state index < -0.39 is 6.04 Å². The Bertz CT molecular complexity index is 842. The van der Waals surface area contributed by atoms with Crippen LogP contribution in [0.2, 0.25) is 0 Å². The molecular weight excluding hydrogens is 410 g/mol. The fourth-order valence-corrected chi connectivity index (χ4v) is 3.26. The lowest BCUT2D eigenvalue weighted by Crippen LogP contribution is -2.43. The quantitative estimate of drug-likeness (QED) is 0.273. The number of halogens is 1. The van der Waals surface area contributed by atoms with Crippen LogP contribution in [-0.4, -0.2) is 35.2 Å². The van der Waals surface area contributed by atoms with E-state index in [2.05, 4.69) is 31.2 Å². The largest absolute Gasteiger partial charge is 0.370 e. The third-order valence-corrected chi connectivity index (χ3v) is 4.99. The third-order valence-electron chi connectivity index (χ3n) is 4.50. The molecule has 0 aliphatic carbocycles. The second-order valence-corrected chi connectivity index (χ2v) is 7.65. The topological polar surface area (TPSA) is 126 Å². The van der Waals surface area contributed by atoms with Crippen molar-refractivity contribution in [3.05, 3.63) is 34.4 Å². The molecule has 0 spiro atoms. The molecule has 6 N–H and O–H groups in total. The number of nitrogens with one attached hydrogen (secondary N) is 2. The van der Waals surface area contributed by atoms with Gasteiger partial charge in [-0.05, 0) is 37.5 Å². The van der Waals surface area contributed by atoms with Crippen LogP contribution in [-0.2, 0) is 16.0 Å². The summed E-state index contributed by atoms with van der Waals surface area (Å²) in [4.78, 5) is 31.7. The number of aromatic nitrogens is 1. The number of rotatable bonds is 9. The molecule has 7 nitrogen and oxygen atoms in total. The summed E-state index contributed by atoms with van der Waals surface area (Å²) < 4.78 is 0.981. The summed E-state index contributed by atoms with van der Waals surface area (Å²) in [6, 6.07) is 5.38. The Kier molecular flexibility index (Phi) is 7.41. The molecule has 1 aromatic carbocycles. The molecular formula is C19H26BrN5O2. The second-order valence-electron chi connectivity index (χ2n) is 6.73. The Morgan fingerprint density at radius 1 is 1.33 bits per heavy atom. The van der Waals surface area contributed by atoms with E-state index in [1.165, 1.54) is 6.92 Å². The van der Waals surface area contributed by atoms with Crippen LogP contribution >= 0.6 is 15.9 Å². The van der Waals surface area contributed by atoms with Crippen LogP contribution in [0.1, 0.15) is 32.3 Å². The number of ketones is 1. The van der Waals surface area contributed by atoms with E-state index in [-0.39, 0.29) is 23.6 Å². The van der Waals surface area contributed by atoms with Gasteiger partial charge >= 0.3 is 0 Å². The normalized spacial score (nSPS) is 13.1. The molecule has 2 aromatic rings. The van der Waals surface area contributed by atoms with Gasteiger partial charge in [-0.2, -0.15) is 0 Å². The maximum absolute atomic E-state index is 12.5. The minimum Gasteiger partial charge on any atom is -0.370 e. The molecule has 0 radical (unpaired) electrons. The number of aliphatic imine (C=N–C) groups is 1. The summed E-state index contributed by atoms with van der Waals surface area (Å²) in [7, 11) is 0. The van der Waals surface area contributed by atoms with Crippen molar-refractivity contribution in [2.24, 2.45) is 22.4 Å². The van der Waals surface area contributed by atoms with Crippen molar-refractivity contribution in [3.63, 3.8) is 0 Å². The van der Waals surface area contributed by atoms with E-state index in [9.17, 15) is 9.59 Å². The van der Waals surface area contributed by atoms with E-state index >= 15 is 0 Å². The summed E-state index contributed by atoms with van der Waals surface area (Å²) >= 11 is 3.44. The van der Waals surface area contributed by atoms with Gasteiger partial charge in [-0.25, -0.2) is 0 Å². The SMILES string of the molecule is CC(=O)C(Cc1c[nH]c2cc(Br)ccc12)NC(=O)C(C)CCCN=C(N)N. The number of fused-ring (bicyclic) bond motifs is 1. The van der Waals surface area contributed by atoms with Crippen LogP contribution in [0.4, 0.5) is 0 Å². The van der Waals surface area contributed by atoms with Gasteiger partial charge < -0.3 is 21.8 Å². The highest BCUT2D eigenvalue weighted by Crippen LogP contribution is 2.23. The summed E-state index contributed by atoms with van der Waals surface area (Å²) in [6.45, 7) is 3.83. The fourth-order valence-electron chi connectivity index (χ4n) is 2.89. The number of hydrogen-bond donors (Lipinski definition) is 4. The van der Waals surface area contributed by atoms with Gasteiger partial charge in [0.25, 0.3) is 0 Å². The van der Waals surface area contributed by atoms with Crippen LogP contribution in [0.5, 0.6) is 0 Å². The highest BCUT2D eigenvalue weighted by atomic mass is 79.9. The zero-order chi connectivity index (χ0) is 20.0. The number of carbonyl (C=O) groups is 2. The molecule has 2 rings (SSSR count). The second kappa shape index (κ2) is 9.55. The number of nitrogens with zero attached hydrogens (tertiary/aromatic N) is 1. The molecule has 1 aromatic heterocycles. The molecule has 0 aliphatic heterocycles. The molecule has 0 aliphatic rings. The Balaban J connectivity index is 1.99. The zero-order valence-electron chi connectivity index (χ0n) is 15.6. The number of Topliss-reactive ketones (excluding diaryl/α,β-unsaturated/α-hetero) is 1. The van der Waals surface area contributed by atoms with Crippen molar-refractivity contribution in [2.45, 2.75) is 39.2 Å². The van der Waals surface area contributed by atoms with Gasteiger partial charge in [-0.15, -0.1) is 0 Å². The Morgan fingerprint density at radius 2 is 2.07 bits per heavy atom. The number of H-pyrrole nitrogens is 1. The Labute approximate surface area is 167 Å². The average Bonchev–Trinajstić information content (AvgIpc) is 2.99. The molecule has 8 heteroatoms. The van der Waals surface area contributed by atoms with E-state index in [4.69, 9.17) is 11.5 Å². The molecule has 27 heavy (non-hydrogen) atoms. The first-order valence-corrected chi connectivity index (χ1v) is 9.69. The smallest absolute Gasteiger partial charge is 0.223 e. The van der Waals surface area contributed by atoms with Gasteiger partial charge in [0.1, 0.15) is 0 Å². The van der Waals surface area contributed by atoms with Crippen molar-refractivity contribution in [2.75, 3.05) is 6.54 Å². The average molecular weight is 436 g/mol. The van der Waals surface area contributed by atoms with E-state index in [1.807, 2.05) is 31.3 Å². The first-order valence-electron chi connectivity index (χ1n) is 8.89. The van der Waals surface area contributed by atoms with Gasteiger partial charge in [-0.3, -0.25) is 14.6 Å². The summed E-state index contributed by atoms with van der Waals surface area (Å²) in [5, 5.41) is 3.93. The summed E-state index contributed by atoms with van der Waals surface area (Å²) in [5.74, 6) is -0.375. The number of hydrogen-bond acceptors (Lipinski definition) is 3. The molecule has 0 saturated carbocycles. The van der Waals surface area contributed by atoms with Gasteiger partial charge in [0.2, 0.25) is 5.91 Å². The van der Waals surface area contributed by atoms with Gasteiger partial charge in [-0.1, -0.05) is 28.9 Å². The third kappa shape index (κ3) is 6.09. The number of carbonyl (C=O) groups excluding carboxylic acids is 2. The van der Waals surface area contributed by atoms with Crippen LogP contribution < -0.4 is 16.8 Å². The van der Waals surface area contributed by atoms with Gasteiger partial charge in [0.05, 0.1) is 6.04 Å². The van der Waals surface area contributed by atoms with Crippen LogP contribution in [0.25, 0.3) is 10.9 Å². The number of aromatic amines is 1. The monoisotopic (exact) mass is 435 g/mol. The van der Waals surface area contributed by atoms with Crippen LogP contribution in [0.3, 0.4) is 0 Å². The lowest BCUT2D eigenvalue weighted by Gasteiger charge is -2.19. The van der Waals surface area contributed by atoms with E-state index in [0.29, 0.717) is 25.8 Å². The highest BCUT2D eigenvalue weighted by Gasteiger charge is 2.22. The predicted octanol–water partition coefficient (Wildman–Crippen LogP) is 2.24. The molecule has 1 amide bonds. The maximum atomic E-state index is 12.5. The first-order chi connectivity index (χ1) is 12.8. The number of benzene rings is 1. The summed E-state index contributed by atoms with van der Waals surface area (Å²) in [6.07, 6.45) is 3.68. The molecule has 0 saturated heterocycles. The van der Waals surface area contributed by atoms with Crippen molar-refractivity contribution >= 4 is 44.5 Å². The van der Waals surface area contributed by atoms with Crippen LogP contribution in [0, 0.1) is 5.92 Å². The maximum Gasteiger partial charge on any atom is 0.223 e. The molecule has 146 valence electrons. The molecule has 1 heterocycles. The number of amides is 1. The summed E-state index contributed by atoms with van der Waals surface area (Å²) in [5.41, 5.74) is 12.6.